The number of nitrogens with two attached hydrogens (primary N) is 1. The van der Waals surface area contributed by atoms with Crippen LogP contribution in [-0.2, 0) is 0 Å². The first-order valence-electron chi connectivity index (χ1n) is 4.67. The number of aryl methyl sites for hydroxylation is 1. The van der Waals surface area contributed by atoms with Gasteiger partial charge in [-0.1, -0.05) is 24.6 Å². The third kappa shape index (κ3) is 1.86. The SMILES string of the molecule is Cc1cc(C(C)CN)c(C)c(Cl)c1O. The molecule has 14 heavy (non-hydrogen) atoms. The molecule has 0 amide bonds. The Morgan fingerprint density at radius 3 is 2.57 bits per heavy atom. The molecule has 78 valence electrons. The molecule has 0 bridgehead atoms. The highest BCUT2D eigenvalue weighted by Gasteiger charge is 2.14. The van der Waals surface area contributed by atoms with Gasteiger partial charge in [0.05, 0.1) is 5.02 Å². The average molecular weight is 214 g/mol. The Kier molecular flexibility index (Phi) is 3.40. The zero-order valence-corrected chi connectivity index (χ0v) is 9.52. The standard InChI is InChI=1S/C11H16ClNO/c1-6-4-9(7(2)5-13)8(3)10(12)11(6)14/h4,7,14H,5,13H2,1-3H3. The van der Waals surface area contributed by atoms with Crippen LogP contribution < -0.4 is 5.73 Å². The van der Waals surface area contributed by atoms with Crippen LogP contribution in [0.4, 0.5) is 0 Å². The number of hydrogen-bond acceptors (Lipinski definition) is 2. The molecule has 2 nitrogen and oxygen atoms in total. The van der Waals surface area contributed by atoms with E-state index in [0.29, 0.717) is 11.6 Å². The summed E-state index contributed by atoms with van der Waals surface area (Å²) >= 11 is 6.00. The van der Waals surface area contributed by atoms with Gasteiger partial charge in [-0.25, -0.2) is 0 Å². The molecule has 0 aromatic heterocycles. The van der Waals surface area contributed by atoms with E-state index in [1.54, 1.807) is 0 Å². The third-order valence-electron chi connectivity index (χ3n) is 2.60. The van der Waals surface area contributed by atoms with Gasteiger partial charge in [-0.15, -0.1) is 0 Å². The maximum Gasteiger partial charge on any atom is 0.137 e. The maximum absolute atomic E-state index is 9.60. The summed E-state index contributed by atoms with van der Waals surface area (Å²) in [4.78, 5) is 0. The summed E-state index contributed by atoms with van der Waals surface area (Å²) in [7, 11) is 0. The molecule has 1 unspecified atom stereocenters. The molecule has 0 heterocycles. The van der Waals surface area contributed by atoms with Crippen LogP contribution in [0.2, 0.25) is 5.02 Å². The molecule has 3 N–H and O–H groups in total. The first-order chi connectivity index (χ1) is 6.49. The van der Waals surface area contributed by atoms with Crippen LogP contribution in [0.25, 0.3) is 0 Å². The number of rotatable bonds is 2. The molecule has 0 saturated carbocycles. The second-order valence-electron chi connectivity index (χ2n) is 3.71. The molecule has 0 spiro atoms. The molecular formula is C11H16ClNO. The van der Waals surface area contributed by atoms with Crippen molar-refractivity contribution in [3.8, 4) is 5.75 Å². The Morgan fingerprint density at radius 1 is 1.50 bits per heavy atom. The third-order valence-corrected chi connectivity index (χ3v) is 3.06. The Balaban J connectivity index is 3.33. The molecule has 0 aliphatic heterocycles. The largest absolute Gasteiger partial charge is 0.506 e. The molecule has 0 fully saturated rings. The Labute approximate surface area is 89.7 Å². The Bertz CT molecular complexity index is 350. The summed E-state index contributed by atoms with van der Waals surface area (Å²) in [6.07, 6.45) is 0. The lowest BCUT2D eigenvalue weighted by atomic mass is 9.94. The Hall–Kier alpha value is -0.730. The van der Waals surface area contributed by atoms with Gasteiger partial charge in [-0.2, -0.15) is 0 Å². The highest BCUT2D eigenvalue weighted by molar-refractivity contribution is 6.33. The van der Waals surface area contributed by atoms with E-state index < -0.39 is 0 Å². The van der Waals surface area contributed by atoms with Crippen molar-refractivity contribution in [1.82, 2.24) is 0 Å². The van der Waals surface area contributed by atoms with Gasteiger partial charge in [0, 0.05) is 0 Å². The highest BCUT2D eigenvalue weighted by Crippen LogP contribution is 2.35. The quantitative estimate of drug-likeness (QED) is 0.794. The zero-order valence-electron chi connectivity index (χ0n) is 8.76. The van der Waals surface area contributed by atoms with E-state index >= 15 is 0 Å². The number of phenols is 1. The molecule has 1 aromatic carbocycles. The smallest absolute Gasteiger partial charge is 0.137 e. The predicted molar refractivity (Wildman–Crippen MR) is 60.1 cm³/mol. The van der Waals surface area contributed by atoms with E-state index in [0.717, 1.165) is 16.7 Å². The second kappa shape index (κ2) is 4.20. The minimum atomic E-state index is 0.178. The van der Waals surface area contributed by atoms with Gasteiger partial charge < -0.3 is 10.8 Å². The van der Waals surface area contributed by atoms with Crippen molar-refractivity contribution < 1.29 is 5.11 Å². The number of halogens is 1. The summed E-state index contributed by atoms with van der Waals surface area (Å²) < 4.78 is 0. The van der Waals surface area contributed by atoms with Crippen molar-refractivity contribution in [2.75, 3.05) is 6.54 Å². The molecule has 0 aliphatic carbocycles. The van der Waals surface area contributed by atoms with Crippen LogP contribution in [0.3, 0.4) is 0 Å². The second-order valence-corrected chi connectivity index (χ2v) is 4.08. The van der Waals surface area contributed by atoms with Gasteiger partial charge in [-0.05, 0) is 43.0 Å². The number of aromatic hydroxyl groups is 1. The first kappa shape index (κ1) is 11.3. The molecule has 1 aromatic rings. The molecule has 1 atom stereocenters. The van der Waals surface area contributed by atoms with Gasteiger partial charge in [0.2, 0.25) is 0 Å². The topological polar surface area (TPSA) is 46.2 Å². The minimum absolute atomic E-state index is 0.178. The minimum Gasteiger partial charge on any atom is -0.506 e. The highest BCUT2D eigenvalue weighted by atomic mass is 35.5. The zero-order chi connectivity index (χ0) is 10.9. The van der Waals surface area contributed by atoms with Crippen molar-refractivity contribution in [1.29, 1.82) is 0 Å². The van der Waals surface area contributed by atoms with Crippen LogP contribution >= 0.6 is 11.6 Å². The lowest BCUT2D eigenvalue weighted by Crippen LogP contribution is -2.10. The normalized spacial score (nSPS) is 12.9. The van der Waals surface area contributed by atoms with Crippen molar-refractivity contribution in [3.63, 3.8) is 0 Å². The number of hydrogen-bond donors (Lipinski definition) is 2. The van der Waals surface area contributed by atoms with Crippen LogP contribution in [0, 0.1) is 13.8 Å². The van der Waals surface area contributed by atoms with E-state index in [2.05, 4.69) is 6.92 Å². The van der Waals surface area contributed by atoms with Gasteiger partial charge >= 0.3 is 0 Å². The molecule has 3 heteroatoms. The summed E-state index contributed by atoms with van der Waals surface area (Å²) in [5, 5.41) is 10.0. The van der Waals surface area contributed by atoms with E-state index in [4.69, 9.17) is 17.3 Å². The van der Waals surface area contributed by atoms with Crippen LogP contribution in [0.15, 0.2) is 6.07 Å². The number of benzene rings is 1. The van der Waals surface area contributed by atoms with Gasteiger partial charge in [0.15, 0.2) is 0 Å². The van der Waals surface area contributed by atoms with E-state index in [1.165, 1.54) is 0 Å². The fraction of sp³-hybridized carbons (Fsp3) is 0.455. The van der Waals surface area contributed by atoms with Crippen LogP contribution in [0.1, 0.15) is 29.5 Å². The lowest BCUT2D eigenvalue weighted by Gasteiger charge is -2.16. The van der Waals surface area contributed by atoms with E-state index in [9.17, 15) is 5.11 Å². The summed E-state index contributed by atoms with van der Waals surface area (Å²) in [6, 6.07) is 1.95. The van der Waals surface area contributed by atoms with E-state index in [1.807, 2.05) is 19.9 Å². The fourth-order valence-corrected chi connectivity index (χ4v) is 1.78. The fourth-order valence-electron chi connectivity index (χ4n) is 1.53. The summed E-state index contributed by atoms with van der Waals surface area (Å²) in [6.45, 7) is 6.38. The summed E-state index contributed by atoms with van der Waals surface area (Å²) in [5.41, 5.74) is 8.45. The summed E-state index contributed by atoms with van der Waals surface area (Å²) in [5.74, 6) is 0.448. The molecule has 0 aliphatic rings. The van der Waals surface area contributed by atoms with Gasteiger partial charge in [0.25, 0.3) is 0 Å². The van der Waals surface area contributed by atoms with Crippen LogP contribution in [-0.4, -0.2) is 11.7 Å². The molecule has 0 radical (unpaired) electrons. The average Bonchev–Trinajstić information content (AvgIpc) is 2.19. The molecular weight excluding hydrogens is 198 g/mol. The molecule has 0 saturated heterocycles. The first-order valence-corrected chi connectivity index (χ1v) is 5.05. The van der Waals surface area contributed by atoms with Gasteiger partial charge in [0.1, 0.15) is 5.75 Å². The predicted octanol–water partition coefficient (Wildman–Crippen LogP) is 2.72. The van der Waals surface area contributed by atoms with E-state index in [-0.39, 0.29) is 11.7 Å². The van der Waals surface area contributed by atoms with Crippen molar-refractivity contribution >= 4 is 11.6 Å². The lowest BCUT2D eigenvalue weighted by molar-refractivity contribution is 0.470. The maximum atomic E-state index is 9.60. The monoisotopic (exact) mass is 213 g/mol. The Morgan fingerprint density at radius 2 is 2.07 bits per heavy atom. The van der Waals surface area contributed by atoms with Crippen molar-refractivity contribution in [2.24, 2.45) is 5.73 Å². The molecule has 1 rings (SSSR count). The van der Waals surface area contributed by atoms with Gasteiger partial charge in [-0.3, -0.25) is 0 Å². The number of phenolic OH excluding ortho intramolecular Hbond substituents is 1. The van der Waals surface area contributed by atoms with Crippen LogP contribution in [0.5, 0.6) is 5.75 Å². The van der Waals surface area contributed by atoms with Crippen molar-refractivity contribution in [2.45, 2.75) is 26.7 Å². The van der Waals surface area contributed by atoms with Crippen molar-refractivity contribution in [3.05, 3.63) is 27.8 Å².